The smallest absolute Gasteiger partial charge is 0.362 e. The number of piperidine rings is 2. The highest BCUT2D eigenvalue weighted by atomic mass is 16.4. The van der Waals surface area contributed by atoms with Gasteiger partial charge in [-0.15, -0.1) is 0 Å². The zero-order chi connectivity index (χ0) is 13.2. The normalized spacial score (nSPS) is 40.6. The summed E-state index contributed by atoms with van der Waals surface area (Å²) in [7, 11) is 0. The molecule has 108 valence electrons. The standard InChI is InChI=1S/C16H27NO2/c18-16(19)15-8-4-7-14-10-9-13(11-17(14)15)12-5-2-1-3-6-12/h12-15H,1-11H2,(H,18,19)/p+1/t13?,14?,15-/m1/s1. The Balaban J connectivity index is 1.66. The second-order valence-corrected chi connectivity index (χ2v) is 7.03. The van der Waals surface area contributed by atoms with Gasteiger partial charge in [0.05, 0.1) is 12.6 Å². The van der Waals surface area contributed by atoms with Crippen LogP contribution in [-0.4, -0.2) is 29.7 Å². The van der Waals surface area contributed by atoms with E-state index in [0.717, 1.165) is 31.2 Å². The highest BCUT2D eigenvalue weighted by molar-refractivity contribution is 5.71. The topological polar surface area (TPSA) is 41.7 Å². The Morgan fingerprint density at radius 2 is 1.63 bits per heavy atom. The van der Waals surface area contributed by atoms with Crippen molar-refractivity contribution < 1.29 is 14.8 Å². The number of rotatable bonds is 2. The number of fused-ring (bicyclic) bond motifs is 1. The lowest BCUT2D eigenvalue weighted by atomic mass is 9.74. The second kappa shape index (κ2) is 5.82. The van der Waals surface area contributed by atoms with Crippen LogP contribution in [0.5, 0.6) is 0 Å². The number of quaternary nitrogens is 1. The number of carboxylic acids is 1. The van der Waals surface area contributed by atoms with E-state index < -0.39 is 5.97 Å². The zero-order valence-corrected chi connectivity index (χ0v) is 11.9. The van der Waals surface area contributed by atoms with Crippen LogP contribution in [-0.2, 0) is 4.79 Å². The van der Waals surface area contributed by atoms with Crippen molar-refractivity contribution in [3.8, 4) is 0 Å². The van der Waals surface area contributed by atoms with Crippen molar-refractivity contribution in [2.45, 2.75) is 76.3 Å². The van der Waals surface area contributed by atoms with E-state index in [1.807, 2.05) is 0 Å². The molecule has 2 N–H and O–H groups in total. The number of carboxylic acid groups (broad SMARTS) is 1. The zero-order valence-electron chi connectivity index (χ0n) is 11.9. The van der Waals surface area contributed by atoms with Gasteiger partial charge >= 0.3 is 5.97 Å². The van der Waals surface area contributed by atoms with E-state index in [-0.39, 0.29) is 6.04 Å². The van der Waals surface area contributed by atoms with Gasteiger partial charge in [0.15, 0.2) is 6.04 Å². The quantitative estimate of drug-likeness (QED) is 0.801. The molecule has 2 aliphatic heterocycles. The predicted octanol–water partition coefficient (Wildman–Crippen LogP) is 1.87. The van der Waals surface area contributed by atoms with Crippen molar-refractivity contribution >= 4 is 5.97 Å². The minimum absolute atomic E-state index is 0.106. The largest absolute Gasteiger partial charge is 0.477 e. The highest BCUT2D eigenvalue weighted by Gasteiger charge is 2.44. The summed E-state index contributed by atoms with van der Waals surface area (Å²) in [6.45, 7) is 1.15. The van der Waals surface area contributed by atoms with Crippen molar-refractivity contribution in [1.29, 1.82) is 0 Å². The maximum atomic E-state index is 11.5. The van der Waals surface area contributed by atoms with Crippen molar-refractivity contribution in [3.05, 3.63) is 0 Å². The predicted molar refractivity (Wildman–Crippen MR) is 74.2 cm³/mol. The van der Waals surface area contributed by atoms with E-state index in [2.05, 4.69) is 0 Å². The third kappa shape index (κ3) is 2.81. The summed E-state index contributed by atoms with van der Waals surface area (Å²) >= 11 is 0. The van der Waals surface area contributed by atoms with Gasteiger partial charge in [0.25, 0.3) is 0 Å². The van der Waals surface area contributed by atoms with Crippen LogP contribution in [0.4, 0.5) is 0 Å². The molecule has 3 fully saturated rings. The maximum Gasteiger partial charge on any atom is 0.362 e. The molecule has 0 amide bonds. The van der Waals surface area contributed by atoms with Gasteiger partial charge in [0, 0.05) is 12.3 Å². The summed E-state index contributed by atoms with van der Waals surface area (Å²) in [6, 6.07) is 0.542. The number of aliphatic carboxylic acids is 1. The van der Waals surface area contributed by atoms with Gasteiger partial charge in [-0.1, -0.05) is 19.3 Å². The van der Waals surface area contributed by atoms with E-state index in [1.54, 1.807) is 0 Å². The highest BCUT2D eigenvalue weighted by Crippen LogP contribution is 2.34. The van der Waals surface area contributed by atoms with E-state index >= 15 is 0 Å². The molecule has 0 aromatic carbocycles. The average Bonchev–Trinajstić information content (AvgIpc) is 2.47. The molecule has 2 saturated heterocycles. The first-order chi connectivity index (χ1) is 9.25. The Hall–Kier alpha value is -0.570. The Bertz CT molecular complexity index is 325. The first kappa shape index (κ1) is 13.4. The molecule has 1 aliphatic carbocycles. The molecule has 3 heteroatoms. The van der Waals surface area contributed by atoms with Gasteiger partial charge in [-0.25, -0.2) is 4.79 Å². The fourth-order valence-corrected chi connectivity index (χ4v) is 4.97. The molecular weight excluding hydrogens is 238 g/mol. The summed E-state index contributed by atoms with van der Waals surface area (Å²) in [5, 5.41) is 9.45. The van der Waals surface area contributed by atoms with Crippen LogP contribution in [0.3, 0.4) is 0 Å². The molecule has 2 heterocycles. The number of nitrogens with one attached hydrogen (secondary N) is 1. The lowest BCUT2D eigenvalue weighted by Gasteiger charge is -2.45. The Kier molecular flexibility index (Phi) is 4.11. The number of carbonyl (C=O) groups is 1. The van der Waals surface area contributed by atoms with Crippen LogP contribution >= 0.6 is 0 Å². The first-order valence-electron chi connectivity index (χ1n) is 8.34. The molecule has 19 heavy (non-hydrogen) atoms. The SMILES string of the molecule is O=C(O)[C@H]1CCCC2CCC(C3CCCCC3)C[NH+]21. The lowest BCUT2D eigenvalue weighted by molar-refractivity contribution is -0.955. The van der Waals surface area contributed by atoms with Crippen LogP contribution in [0, 0.1) is 11.8 Å². The summed E-state index contributed by atoms with van der Waals surface area (Å²) in [4.78, 5) is 12.9. The van der Waals surface area contributed by atoms with Gasteiger partial charge in [-0.2, -0.15) is 0 Å². The van der Waals surface area contributed by atoms with E-state index in [0.29, 0.717) is 6.04 Å². The van der Waals surface area contributed by atoms with Crippen LogP contribution in [0.15, 0.2) is 0 Å². The molecule has 3 nitrogen and oxygen atoms in total. The monoisotopic (exact) mass is 266 g/mol. The molecular formula is C16H28NO2+. The first-order valence-corrected chi connectivity index (χ1v) is 8.34. The number of hydrogen-bond acceptors (Lipinski definition) is 1. The summed E-state index contributed by atoms with van der Waals surface area (Å²) < 4.78 is 0. The third-order valence-corrected chi connectivity index (χ3v) is 6.02. The van der Waals surface area contributed by atoms with Crippen molar-refractivity contribution in [1.82, 2.24) is 0 Å². The molecule has 1 saturated carbocycles. The fraction of sp³-hybridized carbons (Fsp3) is 0.938. The van der Waals surface area contributed by atoms with Crippen LogP contribution in [0.25, 0.3) is 0 Å². The van der Waals surface area contributed by atoms with Gasteiger partial charge in [0.2, 0.25) is 0 Å². The van der Waals surface area contributed by atoms with Crippen molar-refractivity contribution in [2.24, 2.45) is 11.8 Å². The maximum absolute atomic E-state index is 11.5. The molecule has 0 bridgehead atoms. The minimum atomic E-state index is -0.552. The molecule has 3 unspecified atom stereocenters. The van der Waals surface area contributed by atoms with E-state index in [1.165, 1.54) is 56.3 Å². The van der Waals surface area contributed by atoms with E-state index in [4.69, 9.17) is 0 Å². The second-order valence-electron chi connectivity index (χ2n) is 7.03. The third-order valence-electron chi connectivity index (χ3n) is 6.02. The fourth-order valence-electron chi connectivity index (χ4n) is 4.97. The Morgan fingerprint density at radius 1 is 0.842 bits per heavy atom. The van der Waals surface area contributed by atoms with E-state index in [9.17, 15) is 9.90 Å². The molecule has 3 rings (SSSR count). The molecule has 0 spiro atoms. The van der Waals surface area contributed by atoms with Crippen molar-refractivity contribution in [3.63, 3.8) is 0 Å². The van der Waals surface area contributed by atoms with Crippen LogP contribution in [0.1, 0.15) is 64.2 Å². The minimum Gasteiger partial charge on any atom is -0.477 e. The van der Waals surface area contributed by atoms with Crippen molar-refractivity contribution in [2.75, 3.05) is 6.54 Å². The van der Waals surface area contributed by atoms with Gasteiger partial charge in [-0.05, 0) is 44.4 Å². The average molecular weight is 266 g/mol. The van der Waals surface area contributed by atoms with Gasteiger partial charge in [-0.3, -0.25) is 0 Å². The summed E-state index contributed by atoms with van der Waals surface area (Å²) in [5.41, 5.74) is 0. The lowest BCUT2D eigenvalue weighted by Crippen LogP contribution is -3.22. The molecule has 3 aliphatic rings. The molecule has 0 aromatic heterocycles. The summed E-state index contributed by atoms with van der Waals surface area (Å²) in [5.74, 6) is 1.16. The molecule has 4 atom stereocenters. The summed E-state index contributed by atoms with van der Waals surface area (Å²) in [6.07, 6.45) is 13.0. The van der Waals surface area contributed by atoms with Crippen LogP contribution < -0.4 is 4.90 Å². The number of hydrogen-bond donors (Lipinski definition) is 2. The molecule has 0 radical (unpaired) electrons. The Labute approximate surface area is 116 Å². The van der Waals surface area contributed by atoms with Crippen LogP contribution in [0.2, 0.25) is 0 Å². The Morgan fingerprint density at radius 3 is 2.37 bits per heavy atom. The molecule has 0 aromatic rings. The van der Waals surface area contributed by atoms with Gasteiger partial charge in [0.1, 0.15) is 0 Å². The van der Waals surface area contributed by atoms with Gasteiger partial charge < -0.3 is 10.0 Å².